The molecule has 21 heavy (non-hydrogen) atoms. The van der Waals surface area contributed by atoms with Crippen molar-refractivity contribution < 1.29 is 0 Å². The van der Waals surface area contributed by atoms with Crippen molar-refractivity contribution in [2.45, 2.75) is 52.6 Å². The molecular weight excluding hydrogens is 256 g/mol. The second-order valence-electron chi connectivity index (χ2n) is 6.86. The summed E-state index contributed by atoms with van der Waals surface area (Å²) < 4.78 is 0. The number of pyridine rings is 1. The molecule has 1 aliphatic carbocycles. The molecule has 3 atom stereocenters. The number of aryl methyl sites for hydroxylation is 1. The van der Waals surface area contributed by atoms with E-state index in [0.29, 0.717) is 6.04 Å². The van der Waals surface area contributed by atoms with Crippen LogP contribution in [-0.2, 0) is 6.54 Å². The SMILES string of the molecule is Cc1ccc2cc(CNC3CCC(C)CC3C)ccc2n1. The molecule has 1 N–H and O–H groups in total. The molecule has 1 aromatic heterocycles. The summed E-state index contributed by atoms with van der Waals surface area (Å²) in [6.07, 6.45) is 4.04. The van der Waals surface area contributed by atoms with Gasteiger partial charge < -0.3 is 5.32 Å². The highest BCUT2D eigenvalue weighted by atomic mass is 14.9. The lowest BCUT2D eigenvalue weighted by Crippen LogP contribution is -2.38. The topological polar surface area (TPSA) is 24.9 Å². The lowest BCUT2D eigenvalue weighted by Gasteiger charge is -2.33. The molecule has 0 spiro atoms. The minimum atomic E-state index is 0.674. The Labute approximate surface area is 128 Å². The highest BCUT2D eigenvalue weighted by Gasteiger charge is 2.24. The van der Waals surface area contributed by atoms with Crippen LogP contribution in [0.5, 0.6) is 0 Å². The van der Waals surface area contributed by atoms with E-state index < -0.39 is 0 Å². The second-order valence-corrected chi connectivity index (χ2v) is 6.86. The molecule has 2 heteroatoms. The van der Waals surface area contributed by atoms with Gasteiger partial charge in [-0.25, -0.2) is 0 Å². The lowest BCUT2D eigenvalue weighted by molar-refractivity contribution is 0.227. The fourth-order valence-electron chi connectivity index (χ4n) is 3.60. The third-order valence-electron chi connectivity index (χ3n) is 4.89. The summed E-state index contributed by atoms with van der Waals surface area (Å²) in [4.78, 5) is 4.57. The highest BCUT2D eigenvalue weighted by molar-refractivity contribution is 5.79. The zero-order chi connectivity index (χ0) is 14.8. The Bertz CT molecular complexity index is 620. The van der Waals surface area contributed by atoms with Gasteiger partial charge >= 0.3 is 0 Å². The van der Waals surface area contributed by atoms with E-state index in [2.05, 4.69) is 54.5 Å². The number of fused-ring (bicyclic) bond motifs is 1. The molecule has 0 radical (unpaired) electrons. The van der Waals surface area contributed by atoms with Gasteiger partial charge in [0.05, 0.1) is 5.52 Å². The standard InChI is InChI=1S/C19H26N2/c1-13-4-8-18(14(2)10-13)20-12-16-6-9-19-17(11-16)7-5-15(3)21-19/h5-7,9,11,13-14,18,20H,4,8,10,12H2,1-3H3. The zero-order valence-corrected chi connectivity index (χ0v) is 13.4. The van der Waals surface area contributed by atoms with E-state index in [-0.39, 0.29) is 0 Å². The van der Waals surface area contributed by atoms with Crippen molar-refractivity contribution in [1.29, 1.82) is 0 Å². The summed E-state index contributed by atoms with van der Waals surface area (Å²) in [7, 11) is 0. The van der Waals surface area contributed by atoms with Crippen molar-refractivity contribution in [3.63, 3.8) is 0 Å². The maximum Gasteiger partial charge on any atom is 0.0705 e. The highest BCUT2D eigenvalue weighted by Crippen LogP contribution is 2.28. The molecular formula is C19H26N2. The van der Waals surface area contributed by atoms with Gasteiger partial charge in [0.2, 0.25) is 0 Å². The number of hydrogen-bond donors (Lipinski definition) is 1. The van der Waals surface area contributed by atoms with Crippen molar-refractivity contribution in [1.82, 2.24) is 10.3 Å². The fraction of sp³-hybridized carbons (Fsp3) is 0.526. The molecule has 3 rings (SSSR count). The van der Waals surface area contributed by atoms with Crippen LogP contribution in [0.2, 0.25) is 0 Å². The van der Waals surface area contributed by atoms with Gasteiger partial charge in [-0.15, -0.1) is 0 Å². The van der Waals surface area contributed by atoms with Crippen molar-refractivity contribution in [2.24, 2.45) is 11.8 Å². The normalized spacial score (nSPS) is 26.1. The Morgan fingerprint density at radius 3 is 2.81 bits per heavy atom. The maximum absolute atomic E-state index is 4.57. The molecule has 0 saturated heterocycles. The Morgan fingerprint density at radius 1 is 1.14 bits per heavy atom. The van der Waals surface area contributed by atoms with E-state index in [0.717, 1.165) is 29.6 Å². The van der Waals surface area contributed by atoms with E-state index in [4.69, 9.17) is 0 Å². The number of nitrogens with one attached hydrogen (secondary N) is 1. The Kier molecular flexibility index (Phi) is 4.25. The molecule has 1 fully saturated rings. The molecule has 1 aromatic carbocycles. The molecule has 0 bridgehead atoms. The van der Waals surface area contributed by atoms with E-state index in [1.54, 1.807) is 0 Å². The number of aromatic nitrogens is 1. The van der Waals surface area contributed by atoms with Crippen molar-refractivity contribution in [3.05, 3.63) is 41.6 Å². The second kappa shape index (κ2) is 6.15. The third-order valence-corrected chi connectivity index (χ3v) is 4.89. The molecule has 2 nitrogen and oxygen atoms in total. The molecule has 3 unspecified atom stereocenters. The molecule has 1 aliphatic rings. The minimum absolute atomic E-state index is 0.674. The van der Waals surface area contributed by atoms with E-state index in [1.807, 2.05) is 6.92 Å². The predicted molar refractivity (Wildman–Crippen MR) is 89.3 cm³/mol. The summed E-state index contributed by atoms with van der Waals surface area (Å²) in [6.45, 7) is 7.78. The summed E-state index contributed by atoms with van der Waals surface area (Å²) in [5.74, 6) is 1.69. The summed E-state index contributed by atoms with van der Waals surface area (Å²) in [6, 6.07) is 11.6. The quantitative estimate of drug-likeness (QED) is 0.899. The van der Waals surface area contributed by atoms with Crippen LogP contribution in [0.25, 0.3) is 10.9 Å². The van der Waals surface area contributed by atoms with E-state index >= 15 is 0 Å². The lowest BCUT2D eigenvalue weighted by atomic mass is 9.80. The van der Waals surface area contributed by atoms with E-state index in [1.165, 1.54) is 30.2 Å². The van der Waals surface area contributed by atoms with Gasteiger partial charge in [0.25, 0.3) is 0 Å². The Balaban J connectivity index is 1.66. The van der Waals surface area contributed by atoms with Gasteiger partial charge in [-0.05, 0) is 61.8 Å². The van der Waals surface area contributed by atoms with Crippen molar-refractivity contribution in [3.8, 4) is 0 Å². The molecule has 1 heterocycles. The van der Waals surface area contributed by atoms with Crippen LogP contribution in [0.15, 0.2) is 30.3 Å². The smallest absolute Gasteiger partial charge is 0.0705 e. The summed E-state index contributed by atoms with van der Waals surface area (Å²) in [5.41, 5.74) is 3.54. The largest absolute Gasteiger partial charge is 0.310 e. The molecule has 0 aliphatic heterocycles. The zero-order valence-electron chi connectivity index (χ0n) is 13.4. The van der Waals surface area contributed by atoms with Gasteiger partial charge in [0.1, 0.15) is 0 Å². The van der Waals surface area contributed by atoms with Crippen LogP contribution >= 0.6 is 0 Å². The molecule has 2 aromatic rings. The van der Waals surface area contributed by atoms with Crippen LogP contribution in [0.1, 0.15) is 44.4 Å². The monoisotopic (exact) mass is 282 g/mol. The minimum Gasteiger partial charge on any atom is -0.310 e. The van der Waals surface area contributed by atoms with Crippen LogP contribution in [0, 0.1) is 18.8 Å². The molecule has 112 valence electrons. The van der Waals surface area contributed by atoms with Gasteiger partial charge in [-0.2, -0.15) is 0 Å². The number of benzene rings is 1. The average Bonchev–Trinajstić information content (AvgIpc) is 2.46. The third kappa shape index (κ3) is 3.44. The number of hydrogen-bond acceptors (Lipinski definition) is 2. The van der Waals surface area contributed by atoms with Crippen LogP contribution in [0.4, 0.5) is 0 Å². The number of nitrogens with zero attached hydrogens (tertiary/aromatic N) is 1. The Hall–Kier alpha value is -1.41. The first-order chi connectivity index (χ1) is 10.1. The summed E-state index contributed by atoms with van der Waals surface area (Å²) >= 11 is 0. The predicted octanol–water partition coefficient (Wildman–Crippen LogP) is 4.46. The fourth-order valence-corrected chi connectivity index (χ4v) is 3.60. The molecule has 0 amide bonds. The van der Waals surface area contributed by atoms with Crippen LogP contribution < -0.4 is 5.32 Å². The summed E-state index contributed by atoms with van der Waals surface area (Å²) in [5, 5.41) is 5.00. The first-order valence-corrected chi connectivity index (χ1v) is 8.21. The number of rotatable bonds is 3. The van der Waals surface area contributed by atoms with Crippen LogP contribution in [0.3, 0.4) is 0 Å². The van der Waals surface area contributed by atoms with Gasteiger partial charge in [0.15, 0.2) is 0 Å². The van der Waals surface area contributed by atoms with Gasteiger partial charge in [-0.3, -0.25) is 4.98 Å². The first kappa shape index (κ1) is 14.5. The van der Waals surface area contributed by atoms with Gasteiger partial charge in [-0.1, -0.05) is 26.0 Å². The van der Waals surface area contributed by atoms with Crippen LogP contribution in [-0.4, -0.2) is 11.0 Å². The van der Waals surface area contributed by atoms with Crippen molar-refractivity contribution in [2.75, 3.05) is 0 Å². The maximum atomic E-state index is 4.57. The van der Waals surface area contributed by atoms with Gasteiger partial charge in [0, 0.05) is 23.7 Å². The average molecular weight is 282 g/mol. The van der Waals surface area contributed by atoms with E-state index in [9.17, 15) is 0 Å². The first-order valence-electron chi connectivity index (χ1n) is 8.21. The van der Waals surface area contributed by atoms with Crippen molar-refractivity contribution >= 4 is 10.9 Å². The molecule has 1 saturated carbocycles. The Morgan fingerprint density at radius 2 is 2.00 bits per heavy atom.